The number of amides is 2. The lowest BCUT2D eigenvalue weighted by atomic mass is 9.78. The molecule has 7 nitrogen and oxygen atoms in total. The molecule has 156 valence electrons. The van der Waals surface area contributed by atoms with Gasteiger partial charge in [-0.05, 0) is 44.0 Å². The molecule has 0 spiro atoms. The second-order valence-corrected chi connectivity index (χ2v) is 7.82. The first-order valence-corrected chi connectivity index (χ1v) is 9.47. The maximum absolute atomic E-state index is 13.6. The average Bonchev–Trinajstić information content (AvgIpc) is 2.98. The van der Waals surface area contributed by atoms with E-state index in [2.05, 4.69) is 15.3 Å². The smallest absolute Gasteiger partial charge is 0.270 e. The number of carbonyl (C=O) groups excluding carboxylic acids is 2. The molecule has 2 atom stereocenters. The minimum Gasteiger partial charge on any atom is -0.386 e. The second kappa shape index (κ2) is 7.24. The molecule has 4 rings (SSSR count). The van der Waals surface area contributed by atoms with E-state index in [0.29, 0.717) is 17.0 Å². The summed E-state index contributed by atoms with van der Waals surface area (Å²) in [7, 11) is 0. The fraction of sp³-hybridized carbons (Fsp3) is 0.333. The first kappa shape index (κ1) is 20.1. The van der Waals surface area contributed by atoms with Gasteiger partial charge in [-0.1, -0.05) is 0 Å². The Morgan fingerprint density at radius 2 is 2.00 bits per heavy atom. The molecule has 0 saturated heterocycles. The van der Waals surface area contributed by atoms with Crippen LogP contribution in [-0.2, 0) is 4.79 Å². The molecule has 2 N–H and O–H groups in total. The number of halogens is 2. The zero-order chi connectivity index (χ0) is 21.6. The van der Waals surface area contributed by atoms with Crippen molar-refractivity contribution < 1.29 is 23.5 Å². The predicted molar refractivity (Wildman–Crippen MR) is 104 cm³/mol. The van der Waals surface area contributed by atoms with E-state index < -0.39 is 35.1 Å². The summed E-state index contributed by atoms with van der Waals surface area (Å²) < 4.78 is 27.3. The van der Waals surface area contributed by atoms with Gasteiger partial charge in [0.1, 0.15) is 23.2 Å². The van der Waals surface area contributed by atoms with Gasteiger partial charge in [0.15, 0.2) is 0 Å². The van der Waals surface area contributed by atoms with Crippen molar-refractivity contribution in [3.05, 3.63) is 64.8 Å². The van der Waals surface area contributed by atoms with Gasteiger partial charge >= 0.3 is 0 Å². The summed E-state index contributed by atoms with van der Waals surface area (Å²) >= 11 is 0. The quantitative estimate of drug-likeness (QED) is 0.802. The molecule has 2 aromatic rings. The predicted octanol–water partition coefficient (Wildman–Crippen LogP) is 2.05. The minimum absolute atomic E-state index is 0.0375. The van der Waals surface area contributed by atoms with Gasteiger partial charge in [0.2, 0.25) is 0 Å². The molecule has 2 heterocycles. The fourth-order valence-electron chi connectivity index (χ4n) is 4.09. The van der Waals surface area contributed by atoms with E-state index in [1.54, 1.807) is 13.8 Å². The third-order valence-electron chi connectivity index (χ3n) is 5.43. The van der Waals surface area contributed by atoms with Crippen LogP contribution in [0.1, 0.15) is 36.1 Å². The molecule has 0 bridgehead atoms. The van der Waals surface area contributed by atoms with Crippen molar-refractivity contribution in [3.63, 3.8) is 0 Å². The van der Waals surface area contributed by atoms with Crippen molar-refractivity contribution in [2.45, 2.75) is 38.3 Å². The molecule has 9 heteroatoms. The molecular weight excluding hydrogens is 394 g/mol. The number of aliphatic hydroxyl groups is 1. The standard InChI is InChI=1S/C21H20F2N4O3/c1-11-24-4-3-18(25-11)19(28)26-14-8-16-17(21(2,30)9-14)10-27(20(16)29)15-6-12(22)5-13(23)7-15/h3-7,14,30H,8-10H2,1-2H3,(H,26,28)/t14-,21-/m0/s1. The normalized spacial score (nSPS) is 23.6. The Kier molecular flexibility index (Phi) is 4.85. The molecule has 1 aliphatic carbocycles. The molecule has 1 aromatic carbocycles. The van der Waals surface area contributed by atoms with Crippen molar-refractivity contribution in [1.82, 2.24) is 15.3 Å². The number of rotatable bonds is 3. The molecular formula is C21H20F2N4O3. The maximum atomic E-state index is 13.6. The number of nitrogens with one attached hydrogen (secondary N) is 1. The monoisotopic (exact) mass is 414 g/mol. The summed E-state index contributed by atoms with van der Waals surface area (Å²) in [4.78, 5) is 34.8. The summed E-state index contributed by atoms with van der Waals surface area (Å²) in [6, 6.07) is 3.85. The summed E-state index contributed by atoms with van der Waals surface area (Å²) in [6.45, 7) is 3.27. The molecule has 2 amide bonds. The highest BCUT2D eigenvalue weighted by Crippen LogP contribution is 2.40. The van der Waals surface area contributed by atoms with Gasteiger partial charge in [-0.3, -0.25) is 9.59 Å². The highest BCUT2D eigenvalue weighted by molar-refractivity contribution is 6.10. The largest absolute Gasteiger partial charge is 0.386 e. The van der Waals surface area contributed by atoms with Crippen LogP contribution in [0.5, 0.6) is 0 Å². The van der Waals surface area contributed by atoms with Gasteiger partial charge in [0.05, 0.1) is 17.8 Å². The van der Waals surface area contributed by atoms with Crippen LogP contribution in [0.2, 0.25) is 0 Å². The van der Waals surface area contributed by atoms with Crippen molar-refractivity contribution >= 4 is 17.5 Å². The zero-order valence-electron chi connectivity index (χ0n) is 16.4. The Bertz CT molecular complexity index is 1060. The molecule has 2 aliphatic rings. The van der Waals surface area contributed by atoms with Crippen LogP contribution in [0.15, 0.2) is 41.6 Å². The number of nitrogens with zero attached hydrogens (tertiary/aromatic N) is 3. The molecule has 1 aromatic heterocycles. The molecule has 0 radical (unpaired) electrons. The Hall–Kier alpha value is -3.20. The number of anilines is 1. The Labute approximate surface area is 171 Å². The minimum atomic E-state index is -1.36. The Morgan fingerprint density at radius 3 is 2.67 bits per heavy atom. The Morgan fingerprint density at radius 1 is 1.30 bits per heavy atom. The number of hydrogen-bond acceptors (Lipinski definition) is 5. The lowest BCUT2D eigenvalue weighted by Gasteiger charge is -2.35. The van der Waals surface area contributed by atoms with E-state index in [0.717, 1.165) is 18.2 Å². The van der Waals surface area contributed by atoms with E-state index in [-0.39, 0.29) is 30.8 Å². The number of benzene rings is 1. The third kappa shape index (κ3) is 3.68. The van der Waals surface area contributed by atoms with Crippen LogP contribution >= 0.6 is 0 Å². The fourth-order valence-corrected chi connectivity index (χ4v) is 4.09. The van der Waals surface area contributed by atoms with Gasteiger partial charge in [-0.15, -0.1) is 0 Å². The number of hydrogen-bond donors (Lipinski definition) is 2. The van der Waals surface area contributed by atoms with Crippen LogP contribution in [-0.4, -0.2) is 45.1 Å². The van der Waals surface area contributed by atoms with Crippen molar-refractivity contribution in [2.24, 2.45) is 0 Å². The van der Waals surface area contributed by atoms with Gasteiger partial charge in [0.25, 0.3) is 11.8 Å². The van der Waals surface area contributed by atoms with E-state index in [4.69, 9.17) is 0 Å². The summed E-state index contributed by atoms with van der Waals surface area (Å²) in [5.74, 6) is -2.00. The highest BCUT2D eigenvalue weighted by Gasteiger charge is 2.45. The Balaban J connectivity index is 1.56. The summed E-state index contributed by atoms with van der Waals surface area (Å²) in [6.07, 6.45) is 1.88. The summed E-state index contributed by atoms with van der Waals surface area (Å²) in [5.41, 5.74) is -0.236. The third-order valence-corrected chi connectivity index (χ3v) is 5.43. The molecule has 1 aliphatic heterocycles. The molecule has 0 unspecified atom stereocenters. The maximum Gasteiger partial charge on any atom is 0.270 e. The molecule has 0 fully saturated rings. The molecule has 30 heavy (non-hydrogen) atoms. The van der Waals surface area contributed by atoms with Crippen molar-refractivity contribution in [3.8, 4) is 0 Å². The highest BCUT2D eigenvalue weighted by atomic mass is 19.1. The molecule has 0 saturated carbocycles. The lowest BCUT2D eigenvalue weighted by molar-refractivity contribution is -0.114. The average molecular weight is 414 g/mol. The number of carbonyl (C=O) groups is 2. The van der Waals surface area contributed by atoms with E-state index in [1.807, 2.05) is 0 Å². The zero-order valence-corrected chi connectivity index (χ0v) is 16.4. The van der Waals surface area contributed by atoms with Crippen LogP contribution in [0.4, 0.5) is 14.5 Å². The number of aryl methyl sites for hydroxylation is 1. The van der Waals surface area contributed by atoms with Crippen LogP contribution in [0.25, 0.3) is 0 Å². The van der Waals surface area contributed by atoms with Crippen LogP contribution in [0, 0.1) is 18.6 Å². The second-order valence-electron chi connectivity index (χ2n) is 7.82. The van der Waals surface area contributed by atoms with Gasteiger partial charge in [-0.25, -0.2) is 18.7 Å². The van der Waals surface area contributed by atoms with Gasteiger partial charge < -0.3 is 15.3 Å². The van der Waals surface area contributed by atoms with Crippen LogP contribution < -0.4 is 10.2 Å². The van der Waals surface area contributed by atoms with Crippen LogP contribution in [0.3, 0.4) is 0 Å². The SMILES string of the molecule is Cc1nccc(C(=O)N[C@H]2CC3=C(CN(c4cc(F)cc(F)c4)C3=O)[C@@](C)(O)C2)n1. The van der Waals surface area contributed by atoms with Gasteiger partial charge in [-0.2, -0.15) is 0 Å². The van der Waals surface area contributed by atoms with E-state index in [1.165, 1.54) is 17.2 Å². The van der Waals surface area contributed by atoms with Gasteiger partial charge in [0, 0.05) is 30.3 Å². The summed E-state index contributed by atoms with van der Waals surface area (Å²) in [5, 5.41) is 13.8. The first-order chi connectivity index (χ1) is 14.1. The topological polar surface area (TPSA) is 95.4 Å². The van der Waals surface area contributed by atoms with E-state index in [9.17, 15) is 23.5 Å². The number of aromatic nitrogens is 2. The van der Waals surface area contributed by atoms with E-state index >= 15 is 0 Å². The van der Waals surface area contributed by atoms with Crippen molar-refractivity contribution in [1.29, 1.82) is 0 Å². The van der Waals surface area contributed by atoms with Crippen molar-refractivity contribution in [2.75, 3.05) is 11.4 Å². The first-order valence-electron chi connectivity index (χ1n) is 9.47. The lowest BCUT2D eigenvalue weighted by Crippen LogP contribution is -2.46.